The molecule has 0 aliphatic carbocycles. The van der Waals surface area contributed by atoms with Gasteiger partial charge < -0.3 is 14.6 Å². The number of ether oxygens (including phenoxy) is 2. The molecule has 2 rings (SSSR count). The van der Waals surface area contributed by atoms with Crippen molar-refractivity contribution < 1.29 is 19.4 Å². The lowest BCUT2D eigenvalue weighted by Crippen LogP contribution is -1.99. The Balaban J connectivity index is 2.22. The number of carboxylic acids is 1. The Labute approximate surface area is 132 Å². The largest absolute Gasteiger partial charge is 0.493 e. The number of carbonyl (C=O) groups is 1. The van der Waals surface area contributed by atoms with Gasteiger partial charge in [0.1, 0.15) is 6.61 Å². The maximum atomic E-state index is 10.6. The molecule has 0 saturated carbocycles. The summed E-state index contributed by atoms with van der Waals surface area (Å²) in [5.74, 6) is -0.200. The first-order valence-corrected chi connectivity index (χ1v) is 6.78. The molecular weight excluding hydrogens is 306 g/mol. The Morgan fingerprint density at radius 3 is 2.91 bits per heavy atom. The molecule has 0 saturated heterocycles. The van der Waals surface area contributed by atoms with Gasteiger partial charge in [-0.2, -0.15) is 0 Å². The van der Waals surface area contributed by atoms with Gasteiger partial charge in [-0.25, -0.2) is 4.79 Å². The molecule has 1 aromatic heterocycles. The highest BCUT2D eigenvalue weighted by atomic mass is 35.5. The summed E-state index contributed by atoms with van der Waals surface area (Å²) in [6.07, 6.45) is 5.84. The Hall–Kier alpha value is -2.53. The van der Waals surface area contributed by atoms with E-state index >= 15 is 0 Å². The first-order chi connectivity index (χ1) is 10.6. The van der Waals surface area contributed by atoms with Crippen molar-refractivity contribution in [1.82, 2.24) is 4.98 Å². The van der Waals surface area contributed by atoms with Crippen molar-refractivity contribution in [2.24, 2.45) is 0 Å². The third-order valence-electron chi connectivity index (χ3n) is 2.78. The van der Waals surface area contributed by atoms with Crippen LogP contribution in [0.1, 0.15) is 11.1 Å². The summed E-state index contributed by atoms with van der Waals surface area (Å²) in [5, 5.41) is 8.99. The number of aromatic nitrogens is 1. The number of pyridine rings is 1. The molecule has 1 aromatic carbocycles. The first-order valence-electron chi connectivity index (χ1n) is 6.40. The number of carboxylic acid groups (broad SMARTS) is 1. The van der Waals surface area contributed by atoms with E-state index < -0.39 is 5.97 Å². The normalized spacial score (nSPS) is 10.6. The van der Waals surface area contributed by atoms with Crippen LogP contribution >= 0.6 is 11.6 Å². The van der Waals surface area contributed by atoms with Crippen molar-refractivity contribution in [3.8, 4) is 11.5 Å². The summed E-state index contributed by atoms with van der Waals surface area (Å²) in [7, 11) is 1.49. The third-order valence-corrected chi connectivity index (χ3v) is 3.06. The van der Waals surface area contributed by atoms with Crippen molar-refractivity contribution in [2.75, 3.05) is 7.11 Å². The van der Waals surface area contributed by atoms with E-state index in [2.05, 4.69) is 4.98 Å². The van der Waals surface area contributed by atoms with Crippen LogP contribution in [0, 0.1) is 0 Å². The molecule has 22 heavy (non-hydrogen) atoms. The number of hydrogen-bond donors (Lipinski definition) is 1. The van der Waals surface area contributed by atoms with E-state index in [0.29, 0.717) is 28.7 Å². The first kappa shape index (κ1) is 15.9. The highest BCUT2D eigenvalue weighted by Gasteiger charge is 2.11. The van der Waals surface area contributed by atoms with Crippen molar-refractivity contribution in [3.05, 3.63) is 58.9 Å². The molecule has 114 valence electrons. The van der Waals surface area contributed by atoms with Crippen molar-refractivity contribution in [1.29, 1.82) is 0 Å². The van der Waals surface area contributed by atoms with E-state index in [1.54, 1.807) is 24.5 Å². The molecule has 0 aliphatic rings. The van der Waals surface area contributed by atoms with Gasteiger partial charge in [0.2, 0.25) is 0 Å². The van der Waals surface area contributed by atoms with E-state index in [1.165, 1.54) is 13.2 Å². The summed E-state index contributed by atoms with van der Waals surface area (Å²) < 4.78 is 10.9. The topological polar surface area (TPSA) is 68.7 Å². The van der Waals surface area contributed by atoms with Crippen LogP contribution in [-0.4, -0.2) is 23.2 Å². The Kier molecular flexibility index (Phi) is 5.38. The van der Waals surface area contributed by atoms with Gasteiger partial charge in [-0.15, -0.1) is 0 Å². The van der Waals surface area contributed by atoms with Crippen molar-refractivity contribution >= 4 is 23.6 Å². The number of nitrogens with zero attached hydrogens (tertiary/aromatic N) is 1. The Morgan fingerprint density at radius 2 is 2.27 bits per heavy atom. The number of rotatable bonds is 6. The molecule has 0 unspecified atom stereocenters. The van der Waals surface area contributed by atoms with Gasteiger partial charge in [0, 0.05) is 24.0 Å². The number of hydrogen-bond acceptors (Lipinski definition) is 4. The van der Waals surface area contributed by atoms with E-state index in [4.69, 9.17) is 26.2 Å². The van der Waals surface area contributed by atoms with Crippen LogP contribution < -0.4 is 9.47 Å². The summed E-state index contributed by atoms with van der Waals surface area (Å²) in [6.45, 7) is 0.300. The van der Waals surface area contributed by atoms with Crippen LogP contribution in [0.3, 0.4) is 0 Å². The molecule has 0 spiro atoms. The van der Waals surface area contributed by atoms with Gasteiger partial charge in [0.05, 0.1) is 12.1 Å². The van der Waals surface area contributed by atoms with Crippen LogP contribution in [0.4, 0.5) is 0 Å². The molecule has 0 aliphatic heterocycles. The molecule has 1 heterocycles. The summed E-state index contributed by atoms with van der Waals surface area (Å²) in [6, 6.07) is 6.97. The lowest BCUT2D eigenvalue weighted by molar-refractivity contribution is -0.131. The highest BCUT2D eigenvalue weighted by molar-refractivity contribution is 6.32. The quantitative estimate of drug-likeness (QED) is 0.826. The molecule has 2 aromatic rings. The fourth-order valence-corrected chi connectivity index (χ4v) is 2.06. The van der Waals surface area contributed by atoms with Crippen LogP contribution in [0.15, 0.2) is 42.7 Å². The van der Waals surface area contributed by atoms with Gasteiger partial charge in [-0.1, -0.05) is 17.7 Å². The average Bonchev–Trinajstić information content (AvgIpc) is 2.52. The SMILES string of the molecule is COc1cc(/C=C/C(=O)O)cc(Cl)c1OCc1cccnc1. The van der Waals surface area contributed by atoms with Crippen molar-refractivity contribution in [3.63, 3.8) is 0 Å². The molecule has 1 N–H and O–H groups in total. The minimum atomic E-state index is -1.04. The lowest BCUT2D eigenvalue weighted by atomic mass is 10.2. The predicted octanol–water partition coefficient (Wildman–Crippen LogP) is 3.42. The number of methoxy groups -OCH3 is 1. The van der Waals surface area contributed by atoms with Crippen LogP contribution in [0.25, 0.3) is 6.08 Å². The Morgan fingerprint density at radius 1 is 1.45 bits per heavy atom. The molecule has 0 fully saturated rings. The molecular formula is C16H14ClNO4. The molecule has 0 amide bonds. The monoisotopic (exact) mass is 319 g/mol. The molecule has 5 nitrogen and oxygen atoms in total. The van der Waals surface area contributed by atoms with E-state index in [-0.39, 0.29) is 0 Å². The highest BCUT2D eigenvalue weighted by Crippen LogP contribution is 2.37. The van der Waals surface area contributed by atoms with E-state index in [1.807, 2.05) is 12.1 Å². The average molecular weight is 320 g/mol. The van der Waals surface area contributed by atoms with Gasteiger partial charge in [0.25, 0.3) is 0 Å². The maximum absolute atomic E-state index is 10.6. The second-order valence-electron chi connectivity index (χ2n) is 4.36. The van der Waals surface area contributed by atoms with E-state index in [0.717, 1.165) is 11.6 Å². The molecule has 0 bridgehead atoms. The van der Waals surface area contributed by atoms with E-state index in [9.17, 15) is 4.79 Å². The smallest absolute Gasteiger partial charge is 0.328 e. The number of benzene rings is 1. The summed E-state index contributed by atoms with van der Waals surface area (Å²) in [4.78, 5) is 14.6. The molecule has 0 atom stereocenters. The standard InChI is InChI=1S/C16H14ClNO4/c1-21-14-8-11(4-5-15(19)20)7-13(17)16(14)22-10-12-3-2-6-18-9-12/h2-9H,10H2,1H3,(H,19,20)/b5-4+. The zero-order chi connectivity index (χ0) is 15.9. The minimum Gasteiger partial charge on any atom is -0.493 e. The lowest BCUT2D eigenvalue weighted by Gasteiger charge is -2.13. The summed E-state index contributed by atoms with van der Waals surface area (Å²) in [5.41, 5.74) is 1.51. The minimum absolute atomic E-state index is 0.300. The van der Waals surface area contributed by atoms with Gasteiger partial charge in [0.15, 0.2) is 11.5 Å². The van der Waals surface area contributed by atoms with Gasteiger partial charge in [-0.05, 0) is 29.8 Å². The number of aliphatic carboxylic acids is 1. The van der Waals surface area contributed by atoms with Crippen LogP contribution in [0.5, 0.6) is 11.5 Å². The second kappa shape index (κ2) is 7.47. The summed E-state index contributed by atoms with van der Waals surface area (Å²) >= 11 is 6.19. The third kappa shape index (κ3) is 4.23. The zero-order valence-corrected chi connectivity index (χ0v) is 12.6. The Bertz CT molecular complexity index is 686. The van der Waals surface area contributed by atoms with Gasteiger partial charge in [-0.3, -0.25) is 4.98 Å². The van der Waals surface area contributed by atoms with Crippen molar-refractivity contribution in [2.45, 2.75) is 6.61 Å². The molecule has 6 heteroatoms. The molecule has 0 radical (unpaired) electrons. The maximum Gasteiger partial charge on any atom is 0.328 e. The second-order valence-corrected chi connectivity index (χ2v) is 4.76. The number of halogens is 1. The fraction of sp³-hybridized carbons (Fsp3) is 0.125. The van der Waals surface area contributed by atoms with Crippen LogP contribution in [0.2, 0.25) is 5.02 Å². The zero-order valence-electron chi connectivity index (χ0n) is 11.8. The fourth-order valence-electron chi connectivity index (χ4n) is 1.78. The van der Waals surface area contributed by atoms with Gasteiger partial charge >= 0.3 is 5.97 Å². The predicted molar refractivity (Wildman–Crippen MR) is 83.2 cm³/mol. The van der Waals surface area contributed by atoms with Crippen LogP contribution in [-0.2, 0) is 11.4 Å².